The minimum Gasteiger partial charge on any atom is -0.309 e. The molecule has 0 spiro atoms. The first-order valence-electron chi connectivity index (χ1n) is 33.6. The molecule has 7 aromatic heterocycles. The van der Waals surface area contributed by atoms with E-state index in [-0.39, 0.29) is 19.6 Å². The van der Waals surface area contributed by atoms with Crippen molar-refractivity contribution in [3.8, 4) is 50.2 Å². The Bertz CT molecular complexity index is 7510. The number of hydrogen-bond acceptors (Lipinski definition) is 4. The molecule has 0 saturated heterocycles. The fraction of sp³-hybridized carbons (Fsp3) is 0. The predicted octanol–water partition coefficient (Wildman–Crippen LogP) is 22.6. The predicted molar refractivity (Wildman–Crippen MR) is 410 cm³/mol. The summed E-state index contributed by atoms with van der Waals surface area (Å²) in [7, 11) is -7.69. The highest BCUT2D eigenvalue weighted by molar-refractivity contribution is 7.91. The van der Waals surface area contributed by atoms with Gasteiger partial charge in [-0.15, -0.1) is 0 Å². The van der Waals surface area contributed by atoms with Gasteiger partial charge in [-0.25, -0.2) is 16.8 Å². The lowest BCUT2D eigenvalue weighted by molar-refractivity contribution is 0.594. The average molecular weight is 1320 g/mol. The maximum atomic E-state index is 14.4. The van der Waals surface area contributed by atoms with Crippen LogP contribution in [0.5, 0.6) is 0 Å². The van der Waals surface area contributed by atoms with Crippen LogP contribution in [0.2, 0.25) is 0 Å². The van der Waals surface area contributed by atoms with Gasteiger partial charge in [-0.3, -0.25) is 0 Å². The highest BCUT2D eigenvalue weighted by Crippen LogP contribution is 2.48. The van der Waals surface area contributed by atoms with E-state index in [0.29, 0.717) is 0 Å². The van der Waals surface area contributed by atoms with Gasteiger partial charge < -0.3 is 17.8 Å². The van der Waals surface area contributed by atoms with Gasteiger partial charge in [-0.2, -0.15) is 0 Å². The normalized spacial score (nSPS) is 12.8. The second kappa shape index (κ2) is 20.0. The third kappa shape index (κ3) is 7.52. The van der Waals surface area contributed by atoms with Gasteiger partial charge in [-0.1, -0.05) is 182 Å². The Kier molecular flexibility index (Phi) is 11.1. The Balaban J connectivity index is 0.555. The third-order valence-electron chi connectivity index (χ3n) is 21.7. The number of fused-ring (bicyclic) bond motifs is 21. The van der Waals surface area contributed by atoms with Crippen molar-refractivity contribution >= 4 is 156 Å². The van der Waals surface area contributed by atoms with Crippen molar-refractivity contribution in [1.82, 2.24) is 17.8 Å². The van der Waals surface area contributed by atoms with Crippen LogP contribution in [0.3, 0.4) is 0 Å². The maximum Gasteiger partial charge on any atom is 0.206 e. The molecule has 0 fully saturated rings. The minimum absolute atomic E-state index is 0.228. The molecule has 0 unspecified atom stereocenters. The van der Waals surface area contributed by atoms with Gasteiger partial charge in [0.25, 0.3) is 0 Å². The first kappa shape index (κ1) is 55.5. The van der Waals surface area contributed by atoms with E-state index in [1.54, 1.807) is 48.5 Å². The van der Waals surface area contributed by atoms with Gasteiger partial charge in [0.15, 0.2) is 0 Å². The maximum absolute atomic E-state index is 14.4. The molecule has 0 radical (unpaired) electrons. The average Bonchev–Trinajstić information content (AvgIpc) is 1.55. The van der Waals surface area contributed by atoms with Crippen molar-refractivity contribution in [2.24, 2.45) is 0 Å². The molecule has 0 atom stereocenters. The van der Waals surface area contributed by atoms with Crippen LogP contribution in [0.1, 0.15) is 0 Å². The van der Waals surface area contributed by atoms with Crippen molar-refractivity contribution in [2.75, 3.05) is 0 Å². The number of hydrogen-bond donors (Lipinski definition) is 0. The van der Waals surface area contributed by atoms with Crippen LogP contribution >= 0.6 is 0 Å². The van der Waals surface area contributed by atoms with Crippen molar-refractivity contribution in [1.29, 1.82) is 0 Å². The molecule has 0 bridgehead atoms. The summed E-state index contributed by atoms with van der Waals surface area (Å²) in [5.41, 5.74) is 21.4. The first-order chi connectivity index (χ1) is 49.1. The van der Waals surface area contributed by atoms with Crippen LogP contribution in [0.25, 0.3) is 186 Å². The van der Waals surface area contributed by atoms with Crippen LogP contribution in [0.15, 0.2) is 335 Å². The lowest BCUT2D eigenvalue weighted by Gasteiger charge is -2.11. The zero-order valence-electron chi connectivity index (χ0n) is 53.3. The SMILES string of the molecule is O=S(=O)(c1ccc(-c2ccc3c(c2)c2cccc4c5ccccc5n3c42)cc1)c1ccc(-c2ccc3c(c2)c2ccc(-c4ccc5c(c4)c4ccccc4n5-c4ccc(S(=O)(=O)c5ccc(-c6ccc7c(c6)c6cccc8c9ccccc9n7c86)cc5)cc4)c4c5ccccc5n3c24)cc1. The highest BCUT2D eigenvalue weighted by atomic mass is 32.2. The fourth-order valence-electron chi connectivity index (χ4n) is 17.1. The van der Waals surface area contributed by atoms with E-state index >= 15 is 0 Å². The van der Waals surface area contributed by atoms with Gasteiger partial charge >= 0.3 is 0 Å². The molecule has 8 nitrogen and oxygen atoms in total. The number of benzene rings is 15. The van der Waals surface area contributed by atoms with Crippen molar-refractivity contribution < 1.29 is 16.8 Å². The Morgan fingerprint density at radius 3 is 0.950 bits per heavy atom. The second-order valence-corrected chi connectivity index (χ2v) is 30.6. The summed E-state index contributed by atoms with van der Waals surface area (Å²) in [4.78, 5) is 0.955. The lowest BCUT2D eigenvalue weighted by atomic mass is 9.95. The van der Waals surface area contributed by atoms with Crippen molar-refractivity contribution in [3.05, 3.63) is 315 Å². The van der Waals surface area contributed by atoms with Crippen LogP contribution < -0.4 is 0 Å². The second-order valence-electron chi connectivity index (χ2n) is 26.7. The molecule has 10 heteroatoms. The molecule has 7 heterocycles. The molecule has 0 saturated carbocycles. The summed E-state index contributed by atoms with van der Waals surface area (Å²) in [5, 5.41) is 16.5. The number of aromatic nitrogens is 4. The monoisotopic (exact) mass is 1320 g/mol. The molecular weight excluding hydrogens is 1270 g/mol. The molecule has 0 aliphatic heterocycles. The zero-order chi connectivity index (χ0) is 66.0. The van der Waals surface area contributed by atoms with E-state index in [4.69, 9.17) is 0 Å². The lowest BCUT2D eigenvalue weighted by Crippen LogP contribution is -2.02. The zero-order valence-corrected chi connectivity index (χ0v) is 54.9. The van der Waals surface area contributed by atoms with E-state index < -0.39 is 19.7 Å². The molecule has 0 N–H and O–H groups in total. The van der Waals surface area contributed by atoms with Gasteiger partial charge in [0.2, 0.25) is 19.7 Å². The largest absolute Gasteiger partial charge is 0.309 e. The molecule has 100 heavy (non-hydrogen) atoms. The van der Waals surface area contributed by atoms with Crippen LogP contribution in [-0.4, -0.2) is 34.6 Å². The molecule has 22 rings (SSSR count). The number of rotatable bonds is 9. The Morgan fingerprint density at radius 1 is 0.200 bits per heavy atom. The third-order valence-corrected chi connectivity index (χ3v) is 25.2. The molecular formula is C90H52N4O4S2. The summed E-state index contributed by atoms with van der Waals surface area (Å²) in [6, 6.07) is 107. The standard InChI is InChI=1S/C90H52N4O4S2/c95-99(96,61-35-23-53(24-36-61)56-29-45-84-76(49-56)71-17-9-15-69-66-11-1-6-20-80(66)92(84)88(69)71)62-37-25-55(26-38-62)58-31-47-86-78(51-58)73-44-43-65(87-74-14-4-8-22-82(74)94(86)90(73)87)59-32-48-83-75(52-59)68-13-3-5-19-79(68)91(83)60-33-41-64(42-34-60)100(97,98)63-39-27-54(28-40-63)57-30-46-85-77(50-57)72-18-10-16-70-67-12-2-7-21-81(67)93(85)89(70)72/h1-52H. The fourth-order valence-corrected chi connectivity index (χ4v) is 19.6. The van der Waals surface area contributed by atoms with E-state index in [0.717, 1.165) is 110 Å². The Hall–Kier alpha value is -12.6. The van der Waals surface area contributed by atoms with E-state index in [1.807, 2.05) is 48.5 Å². The van der Waals surface area contributed by atoms with Gasteiger partial charge in [0.1, 0.15) is 0 Å². The molecule has 0 aliphatic carbocycles. The Labute approximate surface area is 571 Å². The topological polar surface area (TPSA) is 86.4 Å². The first-order valence-corrected chi connectivity index (χ1v) is 36.6. The number of sulfone groups is 2. The number of nitrogens with zero attached hydrogens (tertiary/aromatic N) is 4. The smallest absolute Gasteiger partial charge is 0.206 e. The minimum atomic E-state index is -3.86. The number of para-hydroxylation sites is 6. The summed E-state index contributed by atoms with van der Waals surface area (Å²) in [6.45, 7) is 0. The molecule has 22 aromatic rings. The van der Waals surface area contributed by atoms with Crippen molar-refractivity contribution in [3.63, 3.8) is 0 Å². The van der Waals surface area contributed by atoms with E-state index in [2.05, 4.69) is 236 Å². The summed E-state index contributed by atoms with van der Waals surface area (Å²) in [6.07, 6.45) is 0. The molecule has 15 aromatic carbocycles. The van der Waals surface area contributed by atoms with Gasteiger partial charge in [0.05, 0.1) is 80.3 Å². The van der Waals surface area contributed by atoms with E-state index in [9.17, 15) is 16.8 Å². The van der Waals surface area contributed by atoms with Crippen LogP contribution in [0.4, 0.5) is 0 Å². The summed E-state index contributed by atoms with van der Waals surface area (Å²) >= 11 is 0. The van der Waals surface area contributed by atoms with Gasteiger partial charge in [-0.05, 0) is 178 Å². The quantitative estimate of drug-likeness (QED) is 0.144. The van der Waals surface area contributed by atoms with Crippen molar-refractivity contribution in [2.45, 2.75) is 19.6 Å². The molecule has 0 amide bonds. The highest BCUT2D eigenvalue weighted by Gasteiger charge is 2.26. The van der Waals surface area contributed by atoms with Crippen LogP contribution in [-0.2, 0) is 19.7 Å². The Morgan fingerprint density at radius 2 is 0.490 bits per heavy atom. The summed E-state index contributed by atoms with van der Waals surface area (Å²) < 4.78 is 66.8. The van der Waals surface area contributed by atoms with Gasteiger partial charge in [0, 0.05) is 81.1 Å². The molecule has 468 valence electrons. The molecule has 0 aliphatic rings. The summed E-state index contributed by atoms with van der Waals surface area (Å²) in [5.74, 6) is 0. The van der Waals surface area contributed by atoms with Crippen LogP contribution in [0, 0.1) is 0 Å². The van der Waals surface area contributed by atoms with E-state index in [1.165, 1.54) is 75.9 Å².